The minimum absolute atomic E-state index is 0.00605. The largest absolute Gasteiger partial charge is 0.395 e. The van der Waals surface area contributed by atoms with E-state index in [-0.39, 0.29) is 18.6 Å². The van der Waals surface area contributed by atoms with Crippen molar-refractivity contribution in [2.45, 2.75) is 64.8 Å². The van der Waals surface area contributed by atoms with Crippen LogP contribution < -0.4 is 5.73 Å². The molecular formula is C15H28N2O2S. The zero-order valence-electron chi connectivity index (χ0n) is 12.7. The van der Waals surface area contributed by atoms with Gasteiger partial charge in [0.05, 0.1) is 17.0 Å². The van der Waals surface area contributed by atoms with E-state index in [4.69, 9.17) is 18.0 Å². The van der Waals surface area contributed by atoms with E-state index in [0.717, 1.165) is 32.1 Å². The van der Waals surface area contributed by atoms with Crippen LogP contribution in [-0.4, -0.2) is 40.1 Å². The van der Waals surface area contributed by atoms with Crippen molar-refractivity contribution in [3.8, 4) is 0 Å². The average Bonchev–Trinajstić information content (AvgIpc) is 2.34. The van der Waals surface area contributed by atoms with Crippen LogP contribution in [0.1, 0.15) is 58.8 Å². The van der Waals surface area contributed by atoms with E-state index < -0.39 is 5.41 Å². The monoisotopic (exact) mass is 300 g/mol. The Hall–Kier alpha value is -0.680. The maximum absolute atomic E-state index is 13.1. The van der Waals surface area contributed by atoms with Crippen LogP contribution in [0, 0.1) is 5.41 Å². The Balaban J connectivity index is 3.01. The summed E-state index contributed by atoms with van der Waals surface area (Å²) in [7, 11) is 0. The summed E-state index contributed by atoms with van der Waals surface area (Å²) in [5.41, 5.74) is 5.24. The zero-order chi connectivity index (χ0) is 15.2. The van der Waals surface area contributed by atoms with Gasteiger partial charge in [-0.25, -0.2) is 0 Å². The minimum atomic E-state index is -0.719. The van der Waals surface area contributed by atoms with Crippen molar-refractivity contribution in [1.29, 1.82) is 0 Å². The SMILES string of the molecule is CCCC(CCC)(C(=O)N(CCO)C1CCC1)C(N)=S. The number of hydrogen-bond donors (Lipinski definition) is 2. The van der Waals surface area contributed by atoms with Crippen LogP contribution in [0.4, 0.5) is 0 Å². The molecule has 3 N–H and O–H groups in total. The molecule has 0 aromatic carbocycles. The number of rotatable bonds is 9. The lowest BCUT2D eigenvalue weighted by molar-refractivity contribution is -0.144. The molecule has 1 aliphatic carbocycles. The topological polar surface area (TPSA) is 66.6 Å². The molecule has 1 rings (SSSR count). The van der Waals surface area contributed by atoms with Gasteiger partial charge in [0.25, 0.3) is 0 Å². The molecule has 0 radical (unpaired) electrons. The molecule has 4 nitrogen and oxygen atoms in total. The van der Waals surface area contributed by atoms with Gasteiger partial charge in [0.15, 0.2) is 0 Å². The van der Waals surface area contributed by atoms with Crippen LogP contribution in [0.5, 0.6) is 0 Å². The van der Waals surface area contributed by atoms with Crippen LogP contribution in [0.3, 0.4) is 0 Å². The Kier molecular flexibility index (Phi) is 6.89. The van der Waals surface area contributed by atoms with E-state index in [2.05, 4.69) is 13.8 Å². The molecular weight excluding hydrogens is 272 g/mol. The Morgan fingerprint density at radius 2 is 1.90 bits per heavy atom. The van der Waals surface area contributed by atoms with Gasteiger partial charge in [0, 0.05) is 12.6 Å². The molecule has 5 heteroatoms. The molecule has 1 aliphatic rings. The van der Waals surface area contributed by atoms with Gasteiger partial charge >= 0.3 is 0 Å². The molecule has 0 heterocycles. The number of carbonyl (C=O) groups is 1. The molecule has 0 bridgehead atoms. The van der Waals surface area contributed by atoms with Gasteiger partial charge in [0.1, 0.15) is 0 Å². The second kappa shape index (κ2) is 7.93. The highest BCUT2D eigenvalue weighted by atomic mass is 32.1. The van der Waals surface area contributed by atoms with Crippen molar-refractivity contribution >= 4 is 23.1 Å². The number of thiocarbonyl (C=S) groups is 1. The molecule has 1 amide bonds. The smallest absolute Gasteiger partial charge is 0.235 e. The first-order valence-electron chi connectivity index (χ1n) is 7.75. The number of aliphatic hydroxyl groups excluding tert-OH is 1. The first-order valence-corrected chi connectivity index (χ1v) is 8.16. The van der Waals surface area contributed by atoms with Crippen molar-refractivity contribution < 1.29 is 9.90 Å². The lowest BCUT2D eigenvalue weighted by Gasteiger charge is -2.43. The standard InChI is InChI=1S/C15H28N2O2S/c1-3-8-15(9-4-2,13(16)20)14(19)17(10-11-18)12-6-5-7-12/h12,18H,3-11H2,1-2H3,(H2,16,20). The fourth-order valence-electron chi connectivity index (χ4n) is 3.08. The minimum Gasteiger partial charge on any atom is -0.395 e. The van der Waals surface area contributed by atoms with Gasteiger partial charge in [-0.3, -0.25) is 4.79 Å². The fraction of sp³-hybridized carbons (Fsp3) is 0.867. The summed E-state index contributed by atoms with van der Waals surface area (Å²) in [6.45, 7) is 4.49. The molecule has 0 saturated heterocycles. The number of nitrogens with zero attached hydrogens (tertiary/aromatic N) is 1. The normalized spacial score (nSPS) is 15.8. The van der Waals surface area contributed by atoms with Crippen molar-refractivity contribution in [1.82, 2.24) is 4.90 Å². The number of carbonyl (C=O) groups excluding carboxylic acids is 1. The molecule has 0 aromatic heterocycles. The number of nitrogens with two attached hydrogens (primary N) is 1. The third-order valence-electron chi connectivity index (χ3n) is 4.35. The van der Waals surface area contributed by atoms with Crippen LogP contribution in [0.15, 0.2) is 0 Å². The summed E-state index contributed by atoms with van der Waals surface area (Å²) >= 11 is 5.25. The average molecular weight is 300 g/mol. The van der Waals surface area contributed by atoms with Crippen molar-refractivity contribution in [3.63, 3.8) is 0 Å². The van der Waals surface area contributed by atoms with Crippen molar-refractivity contribution in [2.24, 2.45) is 11.1 Å². The van der Waals surface area contributed by atoms with Crippen molar-refractivity contribution in [3.05, 3.63) is 0 Å². The second-order valence-corrected chi connectivity index (χ2v) is 6.19. The molecule has 0 aliphatic heterocycles. The molecule has 20 heavy (non-hydrogen) atoms. The summed E-state index contributed by atoms with van der Waals surface area (Å²) in [5, 5.41) is 9.26. The van der Waals surface area contributed by atoms with E-state index in [1.807, 2.05) is 4.90 Å². The molecule has 1 saturated carbocycles. The summed E-state index contributed by atoms with van der Waals surface area (Å²) in [5.74, 6) is 0.0347. The molecule has 0 atom stereocenters. The molecule has 116 valence electrons. The second-order valence-electron chi connectivity index (χ2n) is 5.75. The first kappa shape index (κ1) is 17.4. The Morgan fingerprint density at radius 3 is 2.20 bits per heavy atom. The number of aliphatic hydroxyl groups is 1. The van der Waals surface area contributed by atoms with Gasteiger partial charge < -0.3 is 15.7 Å². The summed E-state index contributed by atoms with van der Waals surface area (Å²) in [6, 6.07) is 0.261. The molecule has 0 unspecified atom stereocenters. The maximum Gasteiger partial charge on any atom is 0.235 e. The van der Waals surface area contributed by atoms with Gasteiger partial charge in [-0.15, -0.1) is 0 Å². The summed E-state index contributed by atoms with van der Waals surface area (Å²) in [6.07, 6.45) is 6.35. The van der Waals surface area contributed by atoms with Crippen LogP contribution in [-0.2, 0) is 4.79 Å². The lowest BCUT2D eigenvalue weighted by Crippen LogP contribution is -2.55. The number of hydrogen-bond acceptors (Lipinski definition) is 3. The highest BCUT2D eigenvalue weighted by molar-refractivity contribution is 7.80. The summed E-state index contributed by atoms with van der Waals surface area (Å²) < 4.78 is 0. The van der Waals surface area contributed by atoms with E-state index >= 15 is 0 Å². The maximum atomic E-state index is 13.1. The first-order chi connectivity index (χ1) is 9.53. The Labute approximate surface area is 127 Å². The predicted molar refractivity (Wildman–Crippen MR) is 85.5 cm³/mol. The molecule has 0 spiro atoms. The highest BCUT2D eigenvalue weighted by Crippen LogP contribution is 2.36. The van der Waals surface area contributed by atoms with Crippen LogP contribution >= 0.6 is 12.2 Å². The third-order valence-corrected chi connectivity index (χ3v) is 4.74. The van der Waals surface area contributed by atoms with Gasteiger partial charge in [-0.05, 0) is 32.1 Å². The molecule has 1 fully saturated rings. The van der Waals surface area contributed by atoms with Gasteiger partial charge in [-0.1, -0.05) is 38.9 Å². The highest BCUT2D eigenvalue weighted by Gasteiger charge is 2.44. The van der Waals surface area contributed by atoms with Gasteiger partial charge in [0.2, 0.25) is 5.91 Å². The third kappa shape index (κ3) is 3.50. The van der Waals surface area contributed by atoms with Crippen molar-refractivity contribution in [2.75, 3.05) is 13.2 Å². The quantitative estimate of drug-likeness (QED) is 0.641. The van der Waals surface area contributed by atoms with E-state index in [1.54, 1.807) is 0 Å². The number of amides is 1. The summed E-state index contributed by atoms with van der Waals surface area (Å²) in [4.78, 5) is 15.2. The predicted octanol–water partition coefficient (Wildman–Crippen LogP) is 2.23. The molecule has 0 aromatic rings. The zero-order valence-corrected chi connectivity index (χ0v) is 13.5. The fourth-order valence-corrected chi connectivity index (χ4v) is 3.37. The van der Waals surface area contributed by atoms with E-state index in [0.29, 0.717) is 24.4 Å². The van der Waals surface area contributed by atoms with E-state index in [1.165, 1.54) is 0 Å². The lowest BCUT2D eigenvalue weighted by atomic mass is 9.76. The van der Waals surface area contributed by atoms with Crippen LogP contribution in [0.25, 0.3) is 0 Å². The van der Waals surface area contributed by atoms with E-state index in [9.17, 15) is 9.90 Å². The Bertz CT molecular complexity index is 337. The Morgan fingerprint density at radius 1 is 1.35 bits per heavy atom. The van der Waals surface area contributed by atoms with Crippen LogP contribution in [0.2, 0.25) is 0 Å². The van der Waals surface area contributed by atoms with Gasteiger partial charge in [-0.2, -0.15) is 0 Å².